The molecule has 0 unspecified atom stereocenters. The summed E-state index contributed by atoms with van der Waals surface area (Å²) in [5.74, 6) is 0. The summed E-state index contributed by atoms with van der Waals surface area (Å²) in [4.78, 5) is 3.00. The van der Waals surface area contributed by atoms with Crippen LogP contribution >= 0.6 is 11.6 Å². The largest absolute Gasteiger partial charge is 0.216 e. The van der Waals surface area contributed by atoms with E-state index in [9.17, 15) is 0 Å². The smallest absolute Gasteiger partial charge is 0.185 e. The Labute approximate surface area is 72.4 Å². The molecule has 1 heterocycles. The van der Waals surface area contributed by atoms with Crippen LogP contribution < -0.4 is 4.98 Å². The van der Waals surface area contributed by atoms with E-state index >= 15 is 0 Å². The summed E-state index contributed by atoms with van der Waals surface area (Å²) in [5.41, 5.74) is 1.39. The maximum atomic E-state index is 5.82. The molecule has 0 atom stereocenters. The van der Waals surface area contributed by atoms with Gasteiger partial charge in [0.25, 0.3) is 0 Å². The zero-order chi connectivity index (χ0) is 8.48. The molecule has 0 aliphatic heterocycles. The van der Waals surface area contributed by atoms with Crippen LogP contribution in [0.25, 0.3) is 0 Å². The highest BCUT2D eigenvalue weighted by molar-refractivity contribution is 6.30. The van der Waals surface area contributed by atoms with Gasteiger partial charge in [0, 0.05) is 5.56 Å². The maximum absolute atomic E-state index is 5.82. The van der Waals surface area contributed by atoms with E-state index in [1.807, 2.05) is 12.3 Å². The second-order valence-corrected chi connectivity index (χ2v) is 4.13. The van der Waals surface area contributed by atoms with Gasteiger partial charge in [-0.25, -0.2) is 4.98 Å². The van der Waals surface area contributed by atoms with Crippen molar-refractivity contribution in [2.45, 2.75) is 26.2 Å². The Morgan fingerprint density at radius 1 is 1.27 bits per heavy atom. The van der Waals surface area contributed by atoms with Crippen LogP contribution in [-0.4, -0.2) is 0 Å². The Morgan fingerprint density at radius 3 is 2.27 bits per heavy atom. The summed E-state index contributed by atoms with van der Waals surface area (Å²) in [6, 6.07) is 1.98. The van der Waals surface area contributed by atoms with Crippen molar-refractivity contribution < 1.29 is 4.98 Å². The Bertz CT molecular complexity index is 250. The van der Waals surface area contributed by atoms with Gasteiger partial charge in [0.1, 0.15) is 5.02 Å². The molecule has 0 saturated heterocycles. The lowest BCUT2D eigenvalue weighted by atomic mass is 9.88. The van der Waals surface area contributed by atoms with Gasteiger partial charge in [-0.1, -0.05) is 32.4 Å². The maximum Gasteiger partial charge on any atom is 0.185 e. The van der Waals surface area contributed by atoms with Crippen molar-refractivity contribution in [1.29, 1.82) is 0 Å². The standard InChI is InChI=1S/C9H12ClN/c1-9(2,3)7-4-8(10)6-11-5-7/h4-6H,1-3H3/p+1. The van der Waals surface area contributed by atoms with Gasteiger partial charge < -0.3 is 0 Å². The fourth-order valence-corrected chi connectivity index (χ4v) is 1.06. The molecule has 0 aliphatic rings. The number of hydrogen-bond acceptors (Lipinski definition) is 0. The van der Waals surface area contributed by atoms with Gasteiger partial charge >= 0.3 is 0 Å². The van der Waals surface area contributed by atoms with Gasteiger partial charge in [0.05, 0.1) is 0 Å². The summed E-state index contributed by atoms with van der Waals surface area (Å²) < 4.78 is 0. The fourth-order valence-electron chi connectivity index (χ4n) is 0.876. The summed E-state index contributed by atoms with van der Waals surface area (Å²) in [7, 11) is 0. The molecule has 0 amide bonds. The molecule has 60 valence electrons. The summed E-state index contributed by atoms with van der Waals surface area (Å²) in [6.45, 7) is 6.48. The number of halogens is 1. The average Bonchev–Trinajstić information content (AvgIpc) is 1.86. The number of rotatable bonds is 0. The lowest BCUT2D eigenvalue weighted by Gasteiger charge is -2.15. The number of nitrogens with one attached hydrogen (secondary N) is 1. The highest BCUT2D eigenvalue weighted by atomic mass is 35.5. The molecule has 0 fully saturated rings. The van der Waals surface area contributed by atoms with Crippen LogP contribution in [0.15, 0.2) is 18.5 Å². The molecule has 0 spiro atoms. The van der Waals surface area contributed by atoms with Crippen LogP contribution in [0.1, 0.15) is 26.3 Å². The van der Waals surface area contributed by atoms with E-state index in [0.29, 0.717) is 0 Å². The van der Waals surface area contributed by atoms with Crippen molar-refractivity contribution in [2.24, 2.45) is 0 Å². The number of aromatic nitrogens is 1. The predicted octanol–water partition coefficient (Wildman–Crippen LogP) is 2.45. The monoisotopic (exact) mass is 170 g/mol. The number of hydrogen-bond donors (Lipinski definition) is 0. The molecule has 2 heteroatoms. The van der Waals surface area contributed by atoms with Gasteiger partial charge in [-0.05, 0) is 11.5 Å². The van der Waals surface area contributed by atoms with Crippen LogP contribution in [0.5, 0.6) is 0 Å². The van der Waals surface area contributed by atoms with Gasteiger partial charge in [-0.3, -0.25) is 0 Å². The predicted molar refractivity (Wildman–Crippen MR) is 46.7 cm³/mol. The summed E-state index contributed by atoms with van der Waals surface area (Å²) in [5, 5.41) is 0.762. The molecule has 11 heavy (non-hydrogen) atoms. The highest BCUT2D eigenvalue weighted by Gasteiger charge is 2.15. The van der Waals surface area contributed by atoms with Crippen LogP contribution in [0.3, 0.4) is 0 Å². The third kappa shape index (κ3) is 2.19. The van der Waals surface area contributed by atoms with Gasteiger partial charge in [0.15, 0.2) is 12.4 Å². The normalized spacial score (nSPS) is 11.6. The quantitative estimate of drug-likeness (QED) is 0.568. The molecule has 0 saturated carbocycles. The summed E-state index contributed by atoms with van der Waals surface area (Å²) >= 11 is 5.82. The SMILES string of the molecule is CC(C)(C)c1c[nH+]cc(Cl)c1. The first-order chi connectivity index (χ1) is 5.00. The molecule has 1 N–H and O–H groups in total. The first-order valence-corrected chi connectivity index (χ1v) is 4.05. The molecule has 0 aliphatic carbocycles. The third-order valence-electron chi connectivity index (χ3n) is 1.62. The summed E-state index contributed by atoms with van der Waals surface area (Å²) in [6.07, 6.45) is 3.75. The van der Waals surface area contributed by atoms with E-state index in [1.54, 1.807) is 6.20 Å². The van der Waals surface area contributed by atoms with Crippen molar-refractivity contribution in [3.8, 4) is 0 Å². The van der Waals surface area contributed by atoms with Crippen molar-refractivity contribution in [2.75, 3.05) is 0 Å². The van der Waals surface area contributed by atoms with E-state index in [2.05, 4.69) is 25.8 Å². The zero-order valence-electron chi connectivity index (χ0n) is 7.11. The minimum Gasteiger partial charge on any atom is -0.216 e. The second-order valence-electron chi connectivity index (χ2n) is 3.69. The molecule has 1 aromatic rings. The first-order valence-electron chi connectivity index (χ1n) is 3.67. The number of pyridine rings is 1. The van der Waals surface area contributed by atoms with Crippen molar-refractivity contribution in [1.82, 2.24) is 0 Å². The Kier molecular flexibility index (Phi) is 2.19. The van der Waals surface area contributed by atoms with Crippen LogP contribution in [-0.2, 0) is 5.41 Å². The lowest BCUT2D eigenvalue weighted by Crippen LogP contribution is -2.15. The van der Waals surface area contributed by atoms with Crippen molar-refractivity contribution in [3.05, 3.63) is 29.0 Å². The van der Waals surface area contributed by atoms with Crippen molar-refractivity contribution in [3.63, 3.8) is 0 Å². The average molecular weight is 171 g/mol. The molecular formula is C9H13ClN+. The Balaban J connectivity index is 3.06. The Hall–Kier alpha value is -0.560. The molecule has 0 bridgehead atoms. The molecule has 1 nitrogen and oxygen atoms in total. The minimum absolute atomic E-state index is 0.168. The molecule has 0 radical (unpaired) electrons. The lowest BCUT2D eigenvalue weighted by molar-refractivity contribution is -0.378. The molecule has 1 aromatic heterocycles. The highest BCUT2D eigenvalue weighted by Crippen LogP contribution is 2.22. The first kappa shape index (κ1) is 8.54. The van der Waals surface area contributed by atoms with Crippen LogP contribution in [0, 0.1) is 0 Å². The topological polar surface area (TPSA) is 14.1 Å². The minimum atomic E-state index is 0.168. The Morgan fingerprint density at radius 2 is 1.91 bits per heavy atom. The van der Waals surface area contributed by atoms with E-state index < -0.39 is 0 Å². The zero-order valence-corrected chi connectivity index (χ0v) is 7.87. The molecule has 1 rings (SSSR count). The third-order valence-corrected chi connectivity index (χ3v) is 1.84. The van der Waals surface area contributed by atoms with E-state index in [-0.39, 0.29) is 5.41 Å². The number of aromatic amines is 1. The van der Waals surface area contributed by atoms with E-state index in [1.165, 1.54) is 5.56 Å². The fraction of sp³-hybridized carbons (Fsp3) is 0.444. The van der Waals surface area contributed by atoms with E-state index in [0.717, 1.165) is 5.02 Å². The van der Waals surface area contributed by atoms with Gasteiger partial charge in [0.2, 0.25) is 0 Å². The van der Waals surface area contributed by atoms with Gasteiger partial charge in [-0.2, -0.15) is 0 Å². The van der Waals surface area contributed by atoms with Crippen LogP contribution in [0.4, 0.5) is 0 Å². The molecule has 0 aromatic carbocycles. The van der Waals surface area contributed by atoms with Gasteiger partial charge in [-0.15, -0.1) is 0 Å². The van der Waals surface area contributed by atoms with E-state index in [4.69, 9.17) is 11.6 Å². The second kappa shape index (κ2) is 2.82. The molecular weight excluding hydrogens is 158 g/mol. The van der Waals surface area contributed by atoms with Crippen LogP contribution in [0.2, 0.25) is 5.02 Å². The number of H-pyrrole nitrogens is 1. The van der Waals surface area contributed by atoms with Crippen molar-refractivity contribution >= 4 is 11.6 Å².